The van der Waals surface area contributed by atoms with Crippen LogP contribution in [0.15, 0.2) is 24.3 Å². The number of hydrogen-bond donors (Lipinski definition) is 1. The van der Waals surface area contributed by atoms with E-state index in [4.69, 9.17) is 11.6 Å². The highest BCUT2D eigenvalue weighted by Crippen LogP contribution is 2.35. The molecule has 0 spiro atoms. The second-order valence-corrected chi connectivity index (χ2v) is 6.77. The number of Topliss-reactive ketones (excluding diaryl/α,β-unsaturated/α-hetero) is 1. The molecule has 0 bridgehead atoms. The highest BCUT2D eigenvalue weighted by Gasteiger charge is 2.18. The topological polar surface area (TPSA) is 72.0 Å². The second-order valence-electron chi connectivity index (χ2n) is 4.59. The number of amides is 1. The van der Waals surface area contributed by atoms with E-state index in [1.54, 1.807) is 0 Å². The fourth-order valence-electron chi connectivity index (χ4n) is 1.91. The predicted molar refractivity (Wildman–Crippen MR) is 89.1 cm³/mol. The Morgan fingerprint density at radius 1 is 1.32 bits per heavy atom. The van der Waals surface area contributed by atoms with E-state index in [1.165, 1.54) is 18.3 Å². The summed E-state index contributed by atoms with van der Waals surface area (Å²) >= 11 is 8.64. The van der Waals surface area contributed by atoms with Gasteiger partial charge < -0.3 is 0 Å². The van der Waals surface area contributed by atoms with E-state index in [1.807, 2.05) is 24.3 Å². The minimum Gasteiger partial charge on any atom is -0.300 e. The molecule has 0 aliphatic carbocycles. The molecule has 2 heterocycles. The molecule has 3 rings (SSSR count). The summed E-state index contributed by atoms with van der Waals surface area (Å²) in [4.78, 5) is 27.9. The number of aromatic nitrogens is 2. The molecule has 3 aromatic rings. The SMILES string of the molecule is CC(=O)Cc1nsc(NC(=O)c2sc3ccccc3c2Cl)n1. The molecule has 5 nitrogen and oxygen atoms in total. The average molecular weight is 352 g/mol. The molecule has 22 heavy (non-hydrogen) atoms. The van der Waals surface area contributed by atoms with E-state index in [0.717, 1.165) is 21.6 Å². The molecule has 112 valence electrons. The van der Waals surface area contributed by atoms with Crippen LogP contribution >= 0.6 is 34.5 Å². The largest absolute Gasteiger partial charge is 0.300 e. The zero-order valence-corrected chi connectivity index (χ0v) is 13.8. The van der Waals surface area contributed by atoms with E-state index in [9.17, 15) is 9.59 Å². The van der Waals surface area contributed by atoms with Crippen LogP contribution in [0.2, 0.25) is 5.02 Å². The summed E-state index contributed by atoms with van der Waals surface area (Å²) in [5, 5.41) is 4.32. The summed E-state index contributed by atoms with van der Waals surface area (Å²) < 4.78 is 4.98. The van der Waals surface area contributed by atoms with Gasteiger partial charge in [0, 0.05) is 21.6 Å². The summed E-state index contributed by atoms with van der Waals surface area (Å²) in [5.41, 5.74) is 0. The van der Waals surface area contributed by atoms with Gasteiger partial charge in [0.05, 0.1) is 11.4 Å². The van der Waals surface area contributed by atoms with Crippen LogP contribution in [0.1, 0.15) is 22.4 Å². The molecular formula is C14H10ClN3O2S2. The smallest absolute Gasteiger partial charge is 0.269 e. The van der Waals surface area contributed by atoms with Gasteiger partial charge in [-0.05, 0) is 13.0 Å². The predicted octanol–water partition coefficient (Wildman–Crippen LogP) is 3.79. The molecule has 0 saturated heterocycles. The third kappa shape index (κ3) is 3.01. The Kier molecular flexibility index (Phi) is 4.19. The first-order chi connectivity index (χ1) is 10.5. The van der Waals surface area contributed by atoms with Gasteiger partial charge in [-0.1, -0.05) is 29.8 Å². The molecule has 0 unspecified atom stereocenters. The average Bonchev–Trinajstić information content (AvgIpc) is 3.04. The third-order valence-corrected chi connectivity index (χ3v) is 5.18. The molecule has 0 aliphatic rings. The first kappa shape index (κ1) is 15.1. The molecule has 1 N–H and O–H groups in total. The van der Waals surface area contributed by atoms with Crippen LogP contribution in [0.5, 0.6) is 0 Å². The van der Waals surface area contributed by atoms with Crippen molar-refractivity contribution in [2.75, 3.05) is 5.32 Å². The van der Waals surface area contributed by atoms with Gasteiger partial charge in [-0.15, -0.1) is 11.3 Å². The quantitative estimate of drug-likeness (QED) is 0.776. The standard InChI is InChI=1S/C14H10ClN3O2S2/c1-7(19)6-10-16-14(22-18-10)17-13(20)12-11(15)8-4-2-3-5-9(8)21-12/h2-5H,6H2,1H3,(H,16,17,18,20). The van der Waals surface area contributed by atoms with Crippen LogP contribution in [-0.2, 0) is 11.2 Å². The van der Waals surface area contributed by atoms with E-state index in [0.29, 0.717) is 20.9 Å². The summed E-state index contributed by atoms with van der Waals surface area (Å²) in [6.07, 6.45) is 0.163. The van der Waals surface area contributed by atoms with E-state index < -0.39 is 0 Å². The molecule has 0 radical (unpaired) electrons. The fraction of sp³-hybridized carbons (Fsp3) is 0.143. The monoisotopic (exact) mass is 351 g/mol. The Labute approximate surface area is 139 Å². The van der Waals surface area contributed by atoms with Crippen LogP contribution in [0.4, 0.5) is 5.13 Å². The lowest BCUT2D eigenvalue weighted by molar-refractivity contribution is -0.116. The first-order valence-corrected chi connectivity index (χ1v) is 8.32. The van der Waals surface area contributed by atoms with Gasteiger partial charge in [-0.2, -0.15) is 4.37 Å². The normalized spacial score (nSPS) is 10.8. The zero-order chi connectivity index (χ0) is 15.7. The highest BCUT2D eigenvalue weighted by molar-refractivity contribution is 7.21. The Bertz CT molecular complexity index is 872. The van der Waals surface area contributed by atoms with Crippen LogP contribution in [-0.4, -0.2) is 21.0 Å². The number of thiophene rings is 1. The molecule has 8 heteroatoms. The Morgan fingerprint density at radius 3 is 2.82 bits per heavy atom. The highest BCUT2D eigenvalue weighted by atomic mass is 35.5. The molecular weight excluding hydrogens is 342 g/mol. The van der Waals surface area contributed by atoms with Crippen LogP contribution < -0.4 is 5.32 Å². The number of carbonyl (C=O) groups excluding carboxylic acids is 2. The Morgan fingerprint density at radius 2 is 2.09 bits per heavy atom. The van der Waals surface area contributed by atoms with Crippen molar-refractivity contribution >= 4 is 61.4 Å². The molecule has 0 aliphatic heterocycles. The van der Waals surface area contributed by atoms with Crippen LogP contribution in [0.3, 0.4) is 0 Å². The minimum atomic E-state index is -0.322. The number of ketones is 1. The first-order valence-electron chi connectivity index (χ1n) is 6.35. The minimum absolute atomic E-state index is 0.0248. The van der Waals surface area contributed by atoms with E-state index >= 15 is 0 Å². The summed E-state index contributed by atoms with van der Waals surface area (Å²) in [6, 6.07) is 7.57. The number of fused-ring (bicyclic) bond motifs is 1. The summed E-state index contributed by atoms with van der Waals surface area (Å²) in [7, 11) is 0. The van der Waals surface area contributed by atoms with Crippen molar-refractivity contribution < 1.29 is 9.59 Å². The van der Waals surface area contributed by atoms with Gasteiger partial charge in [0.1, 0.15) is 10.7 Å². The fourth-order valence-corrected chi connectivity index (χ4v) is 3.91. The van der Waals surface area contributed by atoms with Crippen molar-refractivity contribution in [2.24, 2.45) is 0 Å². The van der Waals surface area contributed by atoms with E-state index in [-0.39, 0.29) is 18.1 Å². The number of hydrogen-bond acceptors (Lipinski definition) is 6. The van der Waals surface area contributed by atoms with Crippen LogP contribution in [0.25, 0.3) is 10.1 Å². The number of anilines is 1. The molecule has 2 aromatic heterocycles. The van der Waals surface area contributed by atoms with Gasteiger partial charge in [-0.3, -0.25) is 14.9 Å². The maximum absolute atomic E-state index is 12.3. The van der Waals surface area contributed by atoms with Crippen molar-refractivity contribution in [3.8, 4) is 0 Å². The van der Waals surface area contributed by atoms with Gasteiger partial charge in [0.2, 0.25) is 5.13 Å². The lowest BCUT2D eigenvalue weighted by Gasteiger charge is -1.98. The lowest BCUT2D eigenvalue weighted by atomic mass is 10.2. The molecule has 0 saturated carbocycles. The molecule has 1 aromatic carbocycles. The van der Waals surface area contributed by atoms with Crippen molar-refractivity contribution in [3.05, 3.63) is 40.0 Å². The number of nitrogens with zero attached hydrogens (tertiary/aromatic N) is 2. The number of nitrogens with one attached hydrogen (secondary N) is 1. The number of rotatable bonds is 4. The van der Waals surface area contributed by atoms with Gasteiger partial charge >= 0.3 is 0 Å². The van der Waals surface area contributed by atoms with Crippen molar-refractivity contribution in [3.63, 3.8) is 0 Å². The van der Waals surface area contributed by atoms with Crippen LogP contribution in [0, 0.1) is 0 Å². The van der Waals surface area contributed by atoms with Crippen molar-refractivity contribution in [1.29, 1.82) is 0 Å². The summed E-state index contributed by atoms with van der Waals surface area (Å²) in [6.45, 7) is 1.47. The number of carbonyl (C=O) groups is 2. The molecule has 1 amide bonds. The molecule has 0 atom stereocenters. The number of benzene rings is 1. The van der Waals surface area contributed by atoms with Crippen molar-refractivity contribution in [2.45, 2.75) is 13.3 Å². The van der Waals surface area contributed by atoms with Gasteiger partial charge in [0.25, 0.3) is 5.91 Å². The Hall–Kier alpha value is -1.83. The summed E-state index contributed by atoms with van der Waals surface area (Å²) in [5.74, 6) is 0.0650. The van der Waals surface area contributed by atoms with Gasteiger partial charge in [0.15, 0.2) is 5.82 Å². The van der Waals surface area contributed by atoms with Crippen molar-refractivity contribution in [1.82, 2.24) is 9.36 Å². The third-order valence-electron chi connectivity index (χ3n) is 2.84. The van der Waals surface area contributed by atoms with Gasteiger partial charge in [-0.25, -0.2) is 4.98 Å². The maximum Gasteiger partial charge on any atom is 0.269 e. The Balaban J connectivity index is 1.82. The lowest BCUT2D eigenvalue weighted by Crippen LogP contribution is -2.10. The second kappa shape index (κ2) is 6.12. The number of halogens is 1. The molecule has 0 fully saturated rings. The maximum atomic E-state index is 12.3. The van der Waals surface area contributed by atoms with E-state index in [2.05, 4.69) is 14.7 Å². The zero-order valence-electron chi connectivity index (χ0n) is 11.4.